The van der Waals surface area contributed by atoms with Crippen LogP contribution >= 0.6 is 0 Å². The second-order valence-corrected chi connectivity index (χ2v) is 5.73. The maximum atomic E-state index is 12.6. The number of hydrogen-bond donors (Lipinski definition) is 1. The molecule has 0 spiro atoms. The molecule has 0 unspecified atom stereocenters. The average Bonchev–Trinajstić information content (AvgIpc) is 2.49. The van der Waals surface area contributed by atoms with Crippen LogP contribution in [0.15, 0.2) is 5.10 Å². The predicted molar refractivity (Wildman–Crippen MR) is 75.7 cm³/mol. The van der Waals surface area contributed by atoms with Gasteiger partial charge in [0.05, 0.1) is 0 Å². The van der Waals surface area contributed by atoms with Crippen LogP contribution in [0.3, 0.4) is 0 Å². The van der Waals surface area contributed by atoms with E-state index in [9.17, 15) is 19.5 Å². The molecule has 7 heteroatoms. The molecule has 21 heavy (non-hydrogen) atoms. The molecule has 1 saturated carbocycles. The molecule has 2 aliphatic rings. The van der Waals surface area contributed by atoms with E-state index in [0.29, 0.717) is 12.8 Å². The van der Waals surface area contributed by atoms with E-state index >= 15 is 0 Å². The number of hydrazone groups is 1. The number of aliphatic carboxylic acids is 1. The molecule has 1 aliphatic heterocycles. The molecule has 0 atom stereocenters. The molecule has 0 aromatic rings. The van der Waals surface area contributed by atoms with Gasteiger partial charge in [0.25, 0.3) is 5.91 Å². The summed E-state index contributed by atoms with van der Waals surface area (Å²) in [6, 6.07) is 0. The maximum Gasteiger partial charge on any atom is 0.329 e. The molecular formula is C14H21N3O4. The second-order valence-electron chi connectivity index (χ2n) is 5.73. The van der Waals surface area contributed by atoms with Crippen molar-refractivity contribution in [3.05, 3.63) is 0 Å². The van der Waals surface area contributed by atoms with Crippen LogP contribution in [0.2, 0.25) is 0 Å². The number of rotatable bonds is 3. The van der Waals surface area contributed by atoms with E-state index in [1.165, 1.54) is 19.0 Å². The van der Waals surface area contributed by atoms with Crippen LogP contribution in [0.5, 0.6) is 0 Å². The summed E-state index contributed by atoms with van der Waals surface area (Å²) in [6.45, 7) is 0. The van der Waals surface area contributed by atoms with Crippen LogP contribution < -0.4 is 0 Å². The van der Waals surface area contributed by atoms with Gasteiger partial charge in [-0.3, -0.25) is 9.59 Å². The fraction of sp³-hybridized carbons (Fsp3) is 0.714. The van der Waals surface area contributed by atoms with Crippen molar-refractivity contribution in [2.24, 2.45) is 5.10 Å². The first kappa shape index (κ1) is 15.5. The molecule has 7 nitrogen and oxygen atoms in total. The summed E-state index contributed by atoms with van der Waals surface area (Å²) in [7, 11) is 3.03. The van der Waals surface area contributed by atoms with Gasteiger partial charge in [0, 0.05) is 26.9 Å². The maximum absolute atomic E-state index is 12.6. The van der Waals surface area contributed by atoms with Crippen molar-refractivity contribution >= 4 is 23.5 Å². The van der Waals surface area contributed by atoms with Gasteiger partial charge in [0.15, 0.2) is 0 Å². The lowest BCUT2D eigenvalue weighted by Crippen LogP contribution is -2.58. The standard InChI is InChI=1S/C14H21N3O4/c1-16(14(13(20)21)8-4-3-5-9-14)12(19)10-6-7-11(18)17(2)15-10/h3-9H2,1-2H3,(H,20,21). The molecular weight excluding hydrogens is 274 g/mol. The van der Waals surface area contributed by atoms with Crippen LogP contribution in [0.1, 0.15) is 44.9 Å². The molecule has 2 amide bonds. The summed E-state index contributed by atoms with van der Waals surface area (Å²) in [6.07, 6.45) is 4.02. The van der Waals surface area contributed by atoms with Crippen LogP contribution in [-0.4, -0.2) is 58.1 Å². The average molecular weight is 295 g/mol. The first-order valence-corrected chi connectivity index (χ1v) is 7.24. The number of carbonyl (C=O) groups excluding carboxylic acids is 2. The fourth-order valence-electron chi connectivity index (χ4n) is 3.04. The van der Waals surface area contributed by atoms with Crippen molar-refractivity contribution in [1.29, 1.82) is 0 Å². The van der Waals surface area contributed by atoms with E-state index in [1.807, 2.05) is 0 Å². The lowest BCUT2D eigenvalue weighted by molar-refractivity contribution is -0.158. The van der Waals surface area contributed by atoms with E-state index in [1.54, 1.807) is 0 Å². The molecule has 0 saturated heterocycles. The molecule has 1 N–H and O–H groups in total. The van der Waals surface area contributed by atoms with Crippen LogP contribution in [0.25, 0.3) is 0 Å². The summed E-state index contributed by atoms with van der Waals surface area (Å²) >= 11 is 0. The van der Waals surface area contributed by atoms with Crippen molar-refractivity contribution in [2.75, 3.05) is 14.1 Å². The molecule has 116 valence electrons. The number of nitrogens with zero attached hydrogens (tertiary/aromatic N) is 3. The highest BCUT2D eigenvalue weighted by Gasteiger charge is 2.46. The molecule has 0 aromatic carbocycles. The Kier molecular flexibility index (Phi) is 4.29. The minimum absolute atomic E-state index is 0.139. The number of carboxylic acid groups (broad SMARTS) is 1. The molecule has 0 aromatic heterocycles. The fourth-order valence-corrected chi connectivity index (χ4v) is 3.04. The largest absolute Gasteiger partial charge is 0.479 e. The summed E-state index contributed by atoms with van der Waals surface area (Å²) < 4.78 is 0. The van der Waals surface area contributed by atoms with Gasteiger partial charge in [-0.1, -0.05) is 19.3 Å². The highest BCUT2D eigenvalue weighted by molar-refractivity contribution is 6.39. The molecule has 1 fully saturated rings. The molecule has 2 rings (SSSR count). The van der Waals surface area contributed by atoms with Crippen molar-refractivity contribution < 1.29 is 19.5 Å². The van der Waals surface area contributed by atoms with Gasteiger partial charge in [-0.2, -0.15) is 5.10 Å². The van der Waals surface area contributed by atoms with Gasteiger partial charge in [-0.15, -0.1) is 0 Å². The minimum atomic E-state index is -1.14. The number of likely N-dealkylation sites (N-methyl/N-ethyl adjacent to an activating group) is 1. The molecule has 0 radical (unpaired) electrons. The van der Waals surface area contributed by atoms with Crippen LogP contribution in [0.4, 0.5) is 0 Å². The Bertz CT molecular complexity index is 494. The minimum Gasteiger partial charge on any atom is -0.479 e. The van der Waals surface area contributed by atoms with E-state index in [2.05, 4.69) is 5.10 Å². The Morgan fingerprint density at radius 1 is 1.24 bits per heavy atom. The summed E-state index contributed by atoms with van der Waals surface area (Å²) in [4.78, 5) is 37.0. The third-order valence-corrected chi connectivity index (χ3v) is 4.48. The number of hydrogen-bond acceptors (Lipinski definition) is 4. The Morgan fingerprint density at radius 3 is 2.38 bits per heavy atom. The monoisotopic (exact) mass is 295 g/mol. The molecule has 0 bridgehead atoms. The van der Waals surface area contributed by atoms with E-state index in [-0.39, 0.29) is 24.5 Å². The normalized spacial score (nSPS) is 21.7. The smallest absolute Gasteiger partial charge is 0.329 e. The predicted octanol–water partition coefficient (Wildman–Crippen LogP) is 0.840. The van der Waals surface area contributed by atoms with Gasteiger partial charge < -0.3 is 10.0 Å². The van der Waals surface area contributed by atoms with Crippen molar-refractivity contribution in [2.45, 2.75) is 50.5 Å². The third-order valence-electron chi connectivity index (χ3n) is 4.48. The summed E-state index contributed by atoms with van der Waals surface area (Å²) in [5.74, 6) is -1.49. The Labute approximate surface area is 123 Å². The topological polar surface area (TPSA) is 90.3 Å². The lowest BCUT2D eigenvalue weighted by Gasteiger charge is -2.41. The summed E-state index contributed by atoms with van der Waals surface area (Å²) in [5, 5.41) is 14.7. The molecule has 1 aliphatic carbocycles. The molecule has 1 heterocycles. The zero-order valence-electron chi connectivity index (χ0n) is 12.5. The van der Waals surface area contributed by atoms with Gasteiger partial charge in [-0.25, -0.2) is 9.80 Å². The number of carbonyl (C=O) groups is 3. The highest BCUT2D eigenvalue weighted by Crippen LogP contribution is 2.33. The first-order valence-electron chi connectivity index (χ1n) is 7.24. The number of amides is 2. The zero-order chi connectivity index (χ0) is 15.6. The van der Waals surface area contributed by atoms with Gasteiger partial charge >= 0.3 is 5.97 Å². The Hall–Kier alpha value is -1.92. The van der Waals surface area contributed by atoms with Crippen molar-refractivity contribution in [3.8, 4) is 0 Å². The quantitative estimate of drug-likeness (QED) is 0.835. The van der Waals surface area contributed by atoms with Gasteiger partial charge in [0.2, 0.25) is 5.91 Å². The van der Waals surface area contributed by atoms with Crippen LogP contribution in [-0.2, 0) is 14.4 Å². The SMILES string of the molecule is CN1N=C(C(=O)N(C)C2(C(=O)O)CCCCC2)CCC1=O. The van der Waals surface area contributed by atoms with Crippen molar-refractivity contribution in [1.82, 2.24) is 9.91 Å². The number of carboxylic acids is 1. The van der Waals surface area contributed by atoms with Crippen molar-refractivity contribution in [3.63, 3.8) is 0 Å². The van der Waals surface area contributed by atoms with Crippen LogP contribution in [0, 0.1) is 0 Å². The van der Waals surface area contributed by atoms with E-state index in [0.717, 1.165) is 24.3 Å². The van der Waals surface area contributed by atoms with Gasteiger partial charge in [-0.05, 0) is 12.8 Å². The Balaban J connectivity index is 2.23. The first-order chi connectivity index (χ1) is 9.88. The van der Waals surface area contributed by atoms with E-state index < -0.39 is 17.4 Å². The second kappa shape index (κ2) is 5.83. The lowest BCUT2D eigenvalue weighted by atomic mass is 9.80. The Morgan fingerprint density at radius 2 is 1.86 bits per heavy atom. The highest BCUT2D eigenvalue weighted by atomic mass is 16.4. The van der Waals surface area contributed by atoms with E-state index in [4.69, 9.17) is 0 Å². The van der Waals surface area contributed by atoms with Gasteiger partial charge in [0.1, 0.15) is 11.3 Å². The third kappa shape index (κ3) is 2.77. The summed E-state index contributed by atoms with van der Waals surface area (Å²) in [5.41, 5.74) is -0.886. The zero-order valence-corrected chi connectivity index (χ0v) is 12.5.